The molecule has 0 aromatic rings. The maximum absolute atomic E-state index is 10.3. The lowest BCUT2D eigenvalue weighted by atomic mass is 10.3. The number of carboxylic acid groups (broad SMARTS) is 1. The van der Waals surface area contributed by atoms with Crippen LogP contribution in [0.15, 0.2) is 0 Å². The van der Waals surface area contributed by atoms with Gasteiger partial charge >= 0.3 is 5.97 Å². The van der Waals surface area contributed by atoms with Gasteiger partial charge in [-0.25, -0.2) is 4.79 Å². The van der Waals surface area contributed by atoms with E-state index in [1.54, 1.807) is 0 Å². The first-order chi connectivity index (χ1) is 4.75. The second kappa shape index (κ2) is 2.66. The van der Waals surface area contributed by atoms with Crippen molar-refractivity contribution >= 4 is 12.4 Å². The lowest BCUT2D eigenvalue weighted by Crippen LogP contribution is -2.36. The number of carboxylic acids is 1. The predicted molar refractivity (Wildman–Crippen MR) is 30.1 cm³/mol. The van der Waals surface area contributed by atoms with Crippen molar-refractivity contribution in [3.8, 4) is 0 Å². The molecule has 1 aliphatic heterocycles. The highest BCUT2D eigenvalue weighted by atomic mass is 16.5. The SMILES string of the molecule is O=CN1COC[C@H]1C(=O)O. The molecule has 0 radical (unpaired) electrons. The van der Waals surface area contributed by atoms with E-state index in [9.17, 15) is 9.59 Å². The van der Waals surface area contributed by atoms with Gasteiger partial charge in [0.2, 0.25) is 6.41 Å². The summed E-state index contributed by atoms with van der Waals surface area (Å²) in [5.41, 5.74) is 0. The van der Waals surface area contributed by atoms with Gasteiger partial charge in [0.05, 0.1) is 6.61 Å². The molecular formula is C5H7NO4. The quantitative estimate of drug-likeness (QED) is 0.500. The van der Waals surface area contributed by atoms with Crippen LogP contribution in [0.1, 0.15) is 0 Å². The largest absolute Gasteiger partial charge is 0.480 e. The van der Waals surface area contributed by atoms with Gasteiger partial charge in [-0.15, -0.1) is 0 Å². The molecule has 56 valence electrons. The summed E-state index contributed by atoms with van der Waals surface area (Å²) in [5.74, 6) is -1.02. The smallest absolute Gasteiger partial charge is 0.328 e. The number of hydrogen-bond donors (Lipinski definition) is 1. The van der Waals surface area contributed by atoms with Gasteiger partial charge in [-0.05, 0) is 0 Å². The Bertz CT molecular complexity index is 158. The van der Waals surface area contributed by atoms with Crippen molar-refractivity contribution in [1.29, 1.82) is 0 Å². The summed E-state index contributed by atoms with van der Waals surface area (Å²) >= 11 is 0. The Kier molecular flexibility index (Phi) is 1.86. The van der Waals surface area contributed by atoms with Gasteiger partial charge in [-0.2, -0.15) is 0 Å². The van der Waals surface area contributed by atoms with Crippen molar-refractivity contribution in [1.82, 2.24) is 4.90 Å². The first-order valence-corrected chi connectivity index (χ1v) is 2.77. The maximum Gasteiger partial charge on any atom is 0.328 e. The fraction of sp³-hybridized carbons (Fsp3) is 0.600. The van der Waals surface area contributed by atoms with Crippen molar-refractivity contribution in [3.63, 3.8) is 0 Å². The lowest BCUT2D eigenvalue weighted by molar-refractivity contribution is -0.144. The summed E-state index contributed by atoms with van der Waals surface area (Å²) in [4.78, 5) is 21.5. The number of aliphatic carboxylic acids is 1. The van der Waals surface area contributed by atoms with Gasteiger partial charge in [-0.1, -0.05) is 0 Å². The van der Waals surface area contributed by atoms with Gasteiger partial charge in [0.1, 0.15) is 6.73 Å². The molecule has 1 amide bonds. The third-order valence-electron chi connectivity index (χ3n) is 1.34. The topological polar surface area (TPSA) is 66.8 Å². The van der Waals surface area contributed by atoms with E-state index in [1.165, 1.54) is 0 Å². The Morgan fingerprint density at radius 3 is 2.90 bits per heavy atom. The van der Waals surface area contributed by atoms with E-state index >= 15 is 0 Å². The molecule has 0 aromatic carbocycles. The van der Waals surface area contributed by atoms with Crippen LogP contribution < -0.4 is 0 Å². The average Bonchev–Trinajstić information content (AvgIpc) is 2.33. The Labute approximate surface area is 57.2 Å². The van der Waals surface area contributed by atoms with Crippen molar-refractivity contribution in [2.75, 3.05) is 13.3 Å². The first kappa shape index (κ1) is 7.01. The van der Waals surface area contributed by atoms with E-state index in [2.05, 4.69) is 0 Å². The molecule has 0 aromatic heterocycles. The Morgan fingerprint density at radius 2 is 2.50 bits per heavy atom. The highest BCUT2D eigenvalue weighted by Crippen LogP contribution is 2.05. The highest BCUT2D eigenvalue weighted by Gasteiger charge is 2.29. The molecule has 1 atom stereocenters. The van der Waals surface area contributed by atoms with E-state index in [-0.39, 0.29) is 13.3 Å². The number of ether oxygens (including phenoxy) is 1. The maximum atomic E-state index is 10.3. The Morgan fingerprint density at radius 1 is 1.80 bits per heavy atom. The number of amides is 1. The van der Waals surface area contributed by atoms with E-state index in [4.69, 9.17) is 9.84 Å². The molecule has 5 nitrogen and oxygen atoms in total. The van der Waals surface area contributed by atoms with Crippen LogP contribution in [0.25, 0.3) is 0 Å². The third-order valence-corrected chi connectivity index (χ3v) is 1.34. The molecule has 5 heteroatoms. The van der Waals surface area contributed by atoms with Crippen molar-refractivity contribution < 1.29 is 19.4 Å². The highest BCUT2D eigenvalue weighted by molar-refractivity contribution is 5.76. The van der Waals surface area contributed by atoms with Crippen LogP contribution in [0.5, 0.6) is 0 Å². The Balaban J connectivity index is 2.58. The summed E-state index contributed by atoms with van der Waals surface area (Å²) in [7, 11) is 0. The summed E-state index contributed by atoms with van der Waals surface area (Å²) in [5, 5.41) is 8.43. The molecule has 1 saturated heterocycles. The number of carbonyl (C=O) groups is 2. The van der Waals surface area contributed by atoms with Crippen LogP contribution >= 0.6 is 0 Å². The Hall–Kier alpha value is -1.10. The van der Waals surface area contributed by atoms with Gasteiger partial charge in [0, 0.05) is 0 Å². The van der Waals surface area contributed by atoms with Crippen LogP contribution in [0.4, 0.5) is 0 Å². The van der Waals surface area contributed by atoms with Crippen LogP contribution in [0.2, 0.25) is 0 Å². The van der Waals surface area contributed by atoms with E-state index in [0.29, 0.717) is 6.41 Å². The molecule has 0 saturated carbocycles. The molecule has 1 fully saturated rings. The van der Waals surface area contributed by atoms with Crippen LogP contribution in [-0.4, -0.2) is 41.8 Å². The zero-order valence-corrected chi connectivity index (χ0v) is 5.19. The zero-order valence-electron chi connectivity index (χ0n) is 5.19. The standard InChI is InChI=1S/C5H7NO4/c7-2-6-3-10-1-4(6)5(8)9/h2,4H,1,3H2,(H,8,9)/t4-/m0/s1. The van der Waals surface area contributed by atoms with Gasteiger partial charge in [-0.3, -0.25) is 4.79 Å². The van der Waals surface area contributed by atoms with Gasteiger partial charge < -0.3 is 14.7 Å². The summed E-state index contributed by atoms with van der Waals surface area (Å²) < 4.78 is 4.74. The number of hydrogen-bond acceptors (Lipinski definition) is 3. The van der Waals surface area contributed by atoms with E-state index < -0.39 is 12.0 Å². The van der Waals surface area contributed by atoms with E-state index in [0.717, 1.165) is 4.90 Å². The van der Waals surface area contributed by atoms with Gasteiger partial charge in [0.15, 0.2) is 6.04 Å². The molecule has 0 bridgehead atoms. The summed E-state index contributed by atoms with van der Waals surface area (Å²) in [6.07, 6.45) is 0.478. The number of rotatable bonds is 2. The predicted octanol–water partition coefficient (Wildman–Crippen LogP) is -1.11. The second-order valence-corrected chi connectivity index (χ2v) is 1.97. The van der Waals surface area contributed by atoms with Crippen LogP contribution in [-0.2, 0) is 14.3 Å². The molecule has 10 heavy (non-hydrogen) atoms. The monoisotopic (exact) mass is 145 g/mol. The number of nitrogens with zero attached hydrogens (tertiary/aromatic N) is 1. The molecule has 1 aliphatic rings. The average molecular weight is 145 g/mol. The minimum Gasteiger partial charge on any atom is -0.480 e. The molecule has 1 heterocycles. The summed E-state index contributed by atoms with van der Waals surface area (Å²) in [6.45, 7) is 0.175. The van der Waals surface area contributed by atoms with Gasteiger partial charge in [0.25, 0.3) is 0 Å². The summed E-state index contributed by atoms with van der Waals surface area (Å²) in [6, 6.07) is -0.794. The first-order valence-electron chi connectivity index (χ1n) is 2.77. The van der Waals surface area contributed by atoms with Crippen LogP contribution in [0.3, 0.4) is 0 Å². The molecule has 0 aliphatic carbocycles. The fourth-order valence-electron chi connectivity index (χ4n) is 0.772. The molecule has 0 spiro atoms. The number of carbonyl (C=O) groups excluding carboxylic acids is 1. The normalized spacial score (nSPS) is 24.8. The molecule has 1 rings (SSSR count). The second-order valence-electron chi connectivity index (χ2n) is 1.97. The van der Waals surface area contributed by atoms with Crippen molar-refractivity contribution in [3.05, 3.63) is 0 Å². The molecule has 0 unspecified atom stereocenters. The molecule has 1 N–H and O–H groups in total. The third kappa shape index (κ3) is 1.08. The minimum absolute atomic E-state index is 0.0838. The van der Waals surface area contributed by atoms with E-state index in [1.807, 2.05) is 0 Å². The van der Waals surface area contributed by atoms with Crippen molar-refractivity contribution in [2.45, 2.75) is 6.04 Å². The fourth-order valence-corrected chi connectivity index (χ4v) is 0.772. The zero-order chi connectivity index (χ0) is 7.56. The van der Waals surface area contributed by atoms with Crippen LogP contribution in [0, 0.1) is 0 Å². The van der Waals surface area contributed by atoms with Crippen molar-refractivity contribution in [2.24, 2.45) is 0 Å². The minimum atomic E-state index is -1.02. The molecular weight excluding hydrogens is 138 g/mol. The lowest BCUT2D eigenvalue weighted by Gasteiger charge is -2.11.